The summed E-state index contributed by atoms with van der Waals surface area (Å²) in [5.41, 5.74) is 0.436. The van der Waals surface area contributed by atoms with E-state index in [0.717, 1.165) is 11.3 Å². The van der Waals surface area contributed by atoms with E-state index < -0.39 is 5.97 Å². The molecule has 23 heavy (non-hydrogen) atoms. The zero-order valence-electron chi connectivity index (χ0n) is 12.3. The van der Waals surface area contributed by atoms with Gasteiger partial charge in [0.15, 0.2) is 5.12 Å². The van der Waals surface area contributed by atoms with Crippen molar-refractivity contribution in [1.29, 1.82) is 0 Å². The van der Waals surface area contributed by atoms with E-state index in [4.69, 9.17) is 0 Å². The first-order valence-electron chi connectivity index (χ1n) is 7.02. The molecule has 1 atom stereocenters. The number of thioether (sulfide) groups is 1. The number of nitrogens with zero attached hydrogens (tertiary/aromatic N) is 2. The number of carbonyl (C=O) groups excluding carboxylic acids is 2. The third-order valence-corrected chi connectivity index (χ3v) is 5.77. The second-order valence-electron chi connectivity index (χ2n) is 5.32. The van der Waals surface area contributed by atoms with Crippen LogP contribution in [-0.2, 0) is 9.59 Å². The highest BCUT2D eigenvalue weighted by molar-refractivity contribution is 8.13. The van der Waals surface area contributed by atoms with Crippen molar-refractivity contribution in [3.05, 3.63) is 23.2 Å². The zero-order chi connectivity index (χ0) is 16.6. The summed E-state index contributed by atoms with van der Waals surface area (Å²) in [5.74, 6) is -0.549. The summed E-state index contributed by atoms with van der Waals surface area (Å²) in [4.78, 5) is 41.5. The number of aromatic carboxylic acids is 1. The van der Waals surface area contributed by atoms with Gasteiger partial charge in [0.05, 0.1) is 5.69 Å². The lowest BCUT2D eigenvalue weighted by molar-refractivity contribution is -0.117. The first-order valence-corrected chi connectivity index (χ1v) is 8.82. The van der Waals surface area contributed by atoms with Gasteiger partial charge in [0.1, 0.15) is 9.71 Å². The van der Waals surface area contributed by atoms with Gasteiger partial charge in [-0.05, 0) is 18.1 Å². The van der Waals surface area contributed by atoms with E-state index in [9.17, 15) is 19.5 Å². The first kappa shape index (κ1) is 15.9. The largest absolute Gasteiger partial charge is 0.477 e. The fourth-order valence-corrected chi connectivity index (χ4v) is 4.36. The quantitative estimate of drug-likeness (QED) is 0.912. The predicted octanol–water partition coefficient (Wildman–Crippen LogP) is 2.63. The van der Waals surface area contributed by atoms with Crippen molar-refractivity contribution in [2.45, 2.75) is 13.3 Å². The van der Waals surface area contributed by atoms with E-state index in [2.05, 4.69) is 4.98 Å². The van der Waals surface area contributed by atoms with E-state index in [1.165, 1.54) is 23.6 Å². The molecule has 1 amide bonds. The summed E-state index contributed by atoms with van der Waals surface area (Å²) in [6.45, 7) is 1.93. The Hall–Kier alpha value is -1.93. The molecule has 0 saturated carbocycles. The van der Waals surface area contributed by atoms with E-state index in [-0.39, 0.29) is 21.8 Å². The van der Waals surface area contributed by atoms with Crippen molar-refractivity contribution >= 4 is 56.0 Å². The van der Waals surface area contributed by atoms with Gasteiger partial charge in [0, 0.05) is 37.2 Å². The molecule has 1 unspecified atom stereocenters. The minimum Gasteiger partial charge on any atom is -0.477 e. The molecule has 120 valence electrons. The average molecular weight is 350 g/mol. The summed E-state index contributed by atoms with van der Waals surface area (Å²) in [5, 5.41) is 10.2. The van der Waals surface area contributed by atoms with Crippen LogP contribution in [0.25, 0.3) is 10.2 Å². The topological polar surface area (TPSA) is 87.6 Å². The van der Waals surface area contributed by atoms with Gasteiger partial charge in [-0.25, -0.2) is 9.78 Å². The Labute approximate surface area is 140 Å². The van der Waals surface area contributed by atoms with Crippen LogP contribution in [0.1, 0.15) is 23.0 Å². The number of carboxylic acids is 1. The fourth-order valence-electron chi connectivity index (χ4n) is 2.68. The van der Waals surface area contributed by atoms with Crippen LogP contribution in [0.2, 0.25) is 0 Å². The van der Waals surface area contributed by atoms with Crippen LogP contribution in [-0.4, -0.2) is 39.4 Å². The highest BCUT2D eigenvalue weighted by atomic mass is 32.2. The number of pyridine rings is 1. The van der Waals surface area contributed by atoms with Crippen LogP contribution in [0, 0.1) is 5.92 Å². The van der Waals surface area contributed by atoms with E-state index in [1.54, 1.807) is 18.3 Å². The van der Waals surface area contributed by atoms with Gasteiger partial charge >= 0.3 is 5.97 Å². The molecule has 3 rings (SSSR count). The van der Waals surface area contributed by atoms with Gasteiger partial charge < -0.3 is 10.0 Å². The molecule has 2 aromatic heterocycles. The molecule has 1 aliphatic heterocycles. The molecule has 0 aromatic carbocycles. The van der Waals surface area contributed by atoms with Crippen LogP contribution >= 0.6 is 23.1 Å². The minimum absolute atomic E-state index is 0.0207. The number of hydrogen-bond donors (Lipinski definition) is 1. The van der Waals surface area contributed by atoms with Crippen LogP contribution in [0.4, 0.5) is 5.69 Å². The number of rotatable bonds is 4. The lowest BCUT2D eigenvalue weighted by Gasteiger charge is -2.17. The summed E-state index contributed by atoms with van der Waals surface area (Å²) in [6, 6.07) is 3.51. The molecule has 1 aliphatic rings. The second-order valence-corrected chi connectivity index (χ2v) is 7.51. The Morgan fingerprint density at radius 3 is 3.00 bits per heavy atom. The maximum absolute atomic E-state index is 12.4. The number of aromatic nitrogens is 1. The first-order chi connectivity index (χ1) is 11.0. The van der Waals surface area contributed by atoms with Gasteiger partial charge in [-0.3, -0.25) is 9.59 Å². The Morgan fingerprint density at radius 2 is 2.30 bits per heavy atom. The molecular formula is C15H14N2O4S2. The third-order valence-electron chi connectivity index (χ3n) is 3.63. The van der Waals surface area contributed by atoms with Gasteiger partial charge in [0.2, 0.25) is 5.91 Å². The van der Waals surface area contributed by atoms with Crippen molar-refractivity contribution in [1.82, 2.24) is 4.98 Å². The number of thiophene rings is 1. The summed E-state index contributed by atoms with van der Waals surface area (Å²) >= 11 is 2.28. The normalized spacial score (nSPS) is 17.9. The lowest BCUT2D eigenvalue weighted by atomic mass is 10.1. The number of anilines is 1. The molecule has 0 spiro atoms. The summed E-state index contributed by atoms with van der Waals surface area (Å²) < 4.78 is 0. The zero-order valence-corrected chi connectivity index (χ0v) is 13.9. The van der Waals surface area contributed by atoms with Crippen LogP contribution in [0.3, 0.4) is 0 Å². The number of carbonyl (C=O) groups is 3. The number of carboxylic acid groups (broad SMARTS) is 1. The summed E-state index contributed by atoms with van der Waals surface area (Å²) in [7, 11) is 0. The SMILES string of the molecule is CC(=O)SCC1CC(=O)N(c2c(C(=O)O)sc3ncccc23)C1. The standard InChI is InChI=1S/C15H14N2O4S2/c1-8(18)22-7-9-5-11(19)17(6-9)12-10-3-2-4-16-14(10)23-13(12)15(20)21/h2-4,9H,5-7H2,1H3,(H,20,21). The number of fused-ring (bicyclic) bond motifs is 1. The Morgan fingerprint density at radius 1 is 1.52 bits per heavy atom. The molecule has 3 heterocycles. The van der Waals surface area contributed by atoms with Gasteiger partial charge in [-0.15, -0.1) is 11.3 Å². The Balaban J connectivity index is 1.96. The molecule has 0 radical (unpaired) electrons. The maximum Gasteiger partial charge on any atom is 0.348 e. The number of hydrogen-bond acceptors (Lipinski definition) is 6. The highest BCUT2D eigenvalue weighted by Gasteiger charge is 2.35. The molecule has 8 heteroatoms. The molecule has 1 fully saturated rings. The van der Waals surface area contributed by atoms with Crippen LogP contribution in [0.5, 0.6) is 0 Å². The monoisotopic (exact) mass is 350 g/mol. The van der Waals surface area contributed by atoms with E-state index in [1.807, 2.05) is 0 Å². The van der Waals surface area contributed by atoms with Crippen molar-refractivity contribution in [2.24, 2.45) is 5.92 Å². The van der Waals surface area contributed by atoms with E-state index in [0.29, 0.717) is 34.6 Å². The summed E-state index contributed by atoms with van der Waals surface area (Å²) in [6.07, 6.45) is 1.93. The smallest absolute Gasteiger partial charge is 0.348 e. The molecular weight excluding hydrogens is 336 g/mol. The van der Waals surface area contributed by atoms with Crippen molar-refractivity contribution < 1.29 is 19.5 Å². The molecule has 6 nitrogen and oxygen atoms in total. The fraction of sp³-hybridized carbons (Fsp3) is 0.333. The van der Waals surface area contributed by atoms with Crippen molar-refractivity contribution in [2.75, 3.05) is 17.2 Å². The second kappa shape index (κ2) is 6.29. The van der Waals surface area contributed by atoms with Gasteiger partial charge in [-0.2, -0.15) is 0 Å². The Bertz CT molecular complexity index is 802. The van der Waals surface area contributed by atoms with Gasteiger partial charge in [0.25, 0.3) is 0 Å². The average Bonchev–Trinajstić information content (AvgIpc) is 3.05. The molecule has 1 saturated heterocycles. The predicted molar refractivity (Wildman–Crippen MR) is 90.2 cm³/mol. The molecule has 0 bridgehead atoms. The van der Waals surface area contributed by atoms with Crippen molar-refractivity contribution in [3.63, 3.8) is 0 Å². The van der Waals surface area contributed by atoms with Crippen LogP contribution < -0.4 is 4.90 Å². The highest BCUT2D eigenvalue weighted by Crippen LogP contribution is 2.40. The van der Waals surface area contributed by atoms with Gasteiger partial charge in [-0.1, -0.05) is 11.8 Å². The Kier molecular flexibility index (Phi) is 4.36. The maximum atomic E-state index is 12.4. The molecule has 0 aliphatic carbocycles. The molecule has 2 aromatic rings. The number of amides is 1. The van der Waals surface area contributed by atoms with Crippen molar-refractivity contribution in [3.8, 4) is 0 Å². The third kappa shape index (κ3) is 3.09. The van der Waals surface area contributed by atoms with E-state index >= 15 is 0 Å². The minimum atomic E-state index is -1.06. The molecule has 1 N–H and O–H groups in total. The lowest BCUT2D eigenvalue weighted by Crippen LogP contribution is -2.26. The van der Waals surface area contributed by atoms with Crippen LogP contribution in [0.15, 0.2) is 18.3 Å².